The Morgan fingerprint density at radius 1 is 1.29 bits per heavy atom. The molecule has 1 radical (unpaired) electrons. The maximum Gasteiger partial charge on any atom is 0.244 e. The van der Waals surface area contributed by atoms with Crippen LogP contribution in [0.4, 0.5) is 4.39 Å². The van der Waals surface area contributed by atoms with Crippen molar-refractivity contribution in [1.29, 1.82) is 0 Å². The van der Waals surface area contributed by atoms with Crippen molar-refractivity contribution in [2.45, 2.75) is 26.3 Å². The molecule has 131 valence electrons. The molecule has 24 heavy (non-hydrogen) atoms. The van der Waals surface area contributed by atoms with Gasteiger partial charge in [0.15, 0.2) is 0 Å². The number of alkyl halides is 1. The van der Waals surface area contributed by atoms with Gasteiger partial charge in [0.2, 0.25) is 15.9 Å². The summed E-state index contributed by atoms with van der Waals surface area (Å²) in [6.07, 6.45) is 0. The SMILES string of the molecule is CC(=O)[N]CC1=C(c2ccc(Cl)cc2)S(=O)(=O)N(CCF)C1(C)C. The van der Waals surface area contributed by atoms with E-state index in [-0.39, 0.29) is 18.0 Å². The molecule has 1 amide bonds. The first-order valence-electron chi connectivity index (χ1n) is 7.38. The van der Waals surface area contributed by atoms with Gasteiger partial charge in [-0.3, -0.25) is 4.79 Å². The summed E-state index contributed by atoms with van der Waals surface area (Å²) >= 11 is 5.87. The molecule has 1 aromatic rings. The zero-order valence-corrected chi connectivity index (χ0v) is 15.3. The maximum absolute atomic E-state index is 13.0. The zero-order chi connectivity index (χ0) is 18.1. The van der Waals surface area contributed by atoms with Crippen LogP contribution in [-0.2, 0) is 14.8 Å². The summed E-state index contributed by atoms with van der Waals surface area (Å²) in [7, 11) is -3.90. The van der Waals surface area contributed by atoms with E-state index in [0.29, 0.717) is 16.2 Å². The van der Waals surface area contributed by atoms with Crippen molar-refractivity contribution in [1.82, 2.24) is 9.62 Å². The van der Waals surface area contributed by atoms with E-state index < -0.39 is 28.1 Å². The van der Waals surface area contributed by atoms with Crippen molar-refractivity contribution >= 4 is 32.4 Å². The number of nitrogens with zero attached hydrogens (tertiary/aromatic N) is 2. The van der Waals surface area contributed by atoms with Gasteiger partial charge < -0.3 is 0 Å². The smallest absolute Gasteiger partial charge is 0.244 e. The van der Waals surface area contributed by atoms with Gasteiger partial charge in [-0.15, -0.1) is 0 Å². The summed E-state index contributed by atoms with van der Waals surface area (Å²) in [5.41, 5.74) is -0.0604. The Morgan fingerprint density at radius 3 is 2.38 bits per heavy atom. The standard InChI is InChI=1S/C16H19ClFN2O3S/c1-11(21)19-10-14-15(12-4-6-13(17)7-5-12)24(22,23)20(9-8-18)16(14,2)3/h4-7H,8-10H2,1-3H3. The molecule has 0 aromatic heterocycles. The fourth-order valence-electron chi connectivity index (χ4n) is 2.85. The number of hydrogen-bond donors (Lipinski definition) is 0. The highest BCUT2D eigenvalue weighted by molar-refractivity contribution is 7.98. The third-order valence-corrected chi connectivity index (χ3v) is 6.51. The second-order valence-corrected chi connectivity index (χ2v) is 8.21. The van der Waals surface area contributed by atoms with Crippen molar-refractivity contribution in [2.75, 3.05) is 19.8 Å². The van der Waals surface area contributed by atoms with Crippen molar-refractivity contribution in [3.8, 4) is 0 Å². The van der Waals surface area contributed by atoms with Crippen LogP contribution in [0.15, 0.2) is 29.8 Å². The highest BCUT2D eigenvalue weighted by Gasteiger charge is 2.50. The summed E-state index contributed by atoms with van der Waals surface area (Å²) in [6, 6.07) is 6.37. The van der Waals surface area contributed by atoms with E-state index in [1.54, 1.807) is 38.1 Å². The molecule has 0 bridgehead atoms. The minimum atomic E-state index is -3.90. The molecule has 0 saturated heterocycles. The molecule has 0 aliphatic carbocycles. The first-order valence-corrected chi connectivity index (χ1v) is 9.20. The Bertz CT molecular complexity index is 773. The lowest BCUT2D eigenvalue weighted by molar-refractivity contribution is -0.119. The van der Waals surface area contributed by atoms with E-state index in [1.807, 2.05) is 0 Å². The molecular weight excluding hydrogens is 355 g/mol. The Labute approximate surface area is 146 Å². The van der Waals surface area contributed by atoms with E-state index in [9.17, 15) is 17.6 Å². The second-order valence-electron chi connectivity index (χ2n) is 5.97. The summed E-state index contributed by atoms with van der Waals surface area (Å²) < 4.78 is 40.0. The topological polar surface area (TPSA) is 68.5 Å². The third-order valence-electron chi connectivity index (χ3n) is 4.04. The molecule has 0 spiro atoms. The van der Waals surface area contributed by atoms with E-state index in [1.165, 1.54) is 6.92 Å². The van der Waals surface area contributed by atoms with Gasteiger partial charge in [-0.25, -0.2) is 18.1 Å². The fourth-order valence-corrected chi connectivity index (χ4v) is 5.28. The molecule has 8 heteroatoms. The van der Waals surface area contributed by atoms with Crippen LogP contribution in [0.5, 0.6) is 0 Å². The molecule has 1 aliphatic rings. The molecule has 0 atom stereocenters. The molecule has 0 saturated carbocycles. The lowest BCUT2D eigenvalue weighted by Gasteiger charge is -2.31. The van der Waals surface area contributed by atoms with Gasteiger partial charge >= 0.3 is 0 Å². The normalized spacial score (nSPS) is 19.5. The molecule has 1 aliphatic heterocycles. The molecular formula is C16H19ClFN2O3S. The van der Waals surface area contributed by atoms with E-state index in [2.05, 4.69) is 5.32 Å². The van der Waals surface area contributed by atoms with Crippen molar-refractivity contribution < 1.29 is 17.6 Å². The number of amides is 1. The second kappa shape index (κ2) is 6.82. The van der Waals surface area contributed by atoms with Gasteiger partial charge in [0.1, 0.15) is 6.67 Å². The van der Waals surface area contributed by atoms with Crippen LogP contribution in [-0.4, -0.2) is 43.9 Å². The van der Waals surface area contributed by atoms with Crippen LogP contribution in [0.25, 0.3) is 4.91 Å². The highest BCUT2D eigenvalue weighted by atomic mass is 35.5. The van der Waals surface area contributed by atoms with Gasteiger partial charge in [-0.1, -0.05) is 23.7 Å². The monoisotopic (exact) mass is 373 g/mol. The van der Waals surface area contributed by atoms with E-state index in [4.69, 9.17) is 11.6 Å². The molecule has 0 fully saturated rings. The lowest BCUT2D eigenvalue weighted by Crippen LogP contribution is -2.45. The number of carbonyl (C=O) groups excluding carboxylic acids is 1. The summed E-state index contributed by atoms with van der Waals surface area (Å²) in [5.74, 6) is -0.393. The minimum Gasteiger partial charge on any atom is -0.273 e. The first kappa shape index (κ1) is 18.9. The van der Waals surface area contributed by atoms with Crippen LogP contribution < -0.4 is 5.32 Å². The zero-order valence-electron chi connectivity index (χ0n) is 13.7. The van der Waals surface area contributed by atoms with Gasteiger partial charge in [0.25, 0.3) is 0 Å². The van der Waals surface area contributed by atoms with Crippen LogP contribution in [0.1, 0.15) is 26.3 Å². The van der Waals surface area contributed by atoms with Crippen molar-refractivity contribution in [3.05, 3.63) is 40.4 Å². The predicted molar refractivity (Wildman–Crippen MR) is 91.7 cm³/mol. The number of benzene rings is 1. The summed E-state index contributed by atoms with van der Waals surface area (Å²) in [6.45, 7) is 3.58. The number of halogens is 2. The van der Waals surface area contributed by atoms with E-state index in [0.717, 1.165) is 4.31 Å². The average Bonchev–Trinajstić information content (AvgIpc) is 2.63. The molecule has 0 N–H and O–H groups in total. The lowest BCUT2D eigenvalue weighted by atomic mass is 9.91. The maximum atomic E-state index is 13.0. The Balaban J connectivity index is 2.65. The predicted octanol–water partition coefficient (Wildman–Crippen LogP) is 2.60. The summed E-state index contributed by atoms with van der Waals surface area (Å²) in [5, 5.41) is 4.32. The van der Waals surface area contributed by atoms with Gasteiger partial charge in [-0.05, 0) is 37.1 Å². The third kappa shape index (κ3) is 3.34. The summed E-state index contributed by atoms with van der Waals surface area (Å²) in [4.78, 5) is 11.3. The van der Waals surface area contributed by atoms with Gasteiger partial charge in [-0.2, -0.15) is 4.31 Å². The van der Waals surface area contributed by atoms with Gasteiger partial charge in [0.05, 0.1) is 17.0 Å². The Kier molecular flexibility index (Phi) is 5.37. The number of rotatable bonds is 5. The fraction of sp³-hybridized carbons (Fsp3) is 0.438. The molecule has 2 rings (SSSR count). The first-order chi connectivity index (χ1) is 11.1. The number of sulfonamides is 1. The highest BCUT2D eigenvalue weighted by Crippen LogP contribution is 2.44. The molecule has 1 aromatic carbocycles. The van der Waals surface area contributed by atoms with Crippen LogP contribution >= 0.6 is 11.6 Å². The van der Waals surface area contributed by atoms with E-state index >= 15 is 0 Å². The van der Waals surface area contributed by atoms with Gasteiger partial charge in [0, 0.05) is 18.5 Å². The van der Waals surface area contributed by atoms with Crippen molar-refractivity contribution in [3.63, 3.8) is 0 Å². The Morgan fingerprint density at radius 2 is 1.88 bits per heavy atom. The molecule has 0 unspecified atom stereocenters. The average molecular weight is 374 g/mol. The minimum absolute atomic E-state index is 0.0533. The molecule has 5 nitrogen and oxygen atoms in total. The Hall–Kier alpha value is -1.44. The van der Waals surface area contributed by atoms with Crippen LogP contribution in [0.3, 0.4) is 0 Å². The number of carbonyl (C=O) groups is 1. The number of hydrogen-bond acceptors (Lipinski definition) is 3. The largest absolute Gasteiger partial charge is 0.273 e. The molecule has 1 heterocycles. The quantitative estimate of drug-likeness (QED) is 0.796. The van der Waals surface area contributed by atoms with Crippen LogP contribution in [0, 0.1) is 0 Å². The van der Waals surface area contributed by atoms with Crippen molar-refractivity contribution in [2.24, 2.45) is 0 Å². The van der Waals surface area contributed by atoms with Crippen LogP contribution in [0.2, 0.25) is 5.02 Å².